The zero-order valence-electron chi connectivity index (χ0n) is 7.83. The van der Waals surface area contributed by atoms with E-state index in [2.05, 4.69) is 0 Å². The van der Waals surface area contributed by atoms with Crippen molar-refractivity contribution in [3.05, 3.63) is 52.9 Å². The van der Waals surface area contributed by atoms with Gasteiger partial charge in [0.15, 0.2) is 5.78 Å². The van der Waals surface area contributed by atoms with Crippen molar-refractivity contribution in [2.75, 3.05) is 5.06 Å². The molecule has 0 aliphatic carbocycles. The van der Waals surface area contributed by atoms with Gasteiger partial charge in [0, 0.05) is 0 Å². The Morgan fingerprint density at radius 3 is 2.60 bits per heavy atom. The number of carbonyl (C=O) groups is 1. The highest BCUT2D eigenvalue weighted by Crippen LogP contribution is 2.26. The van der Waals surface area contributed by atoms with Crippen LogP contribution in [0.4, 0.5) is 5.69 Å². The summed E-state index contributed by atoms with van der Waals surface area (Å²) in [5.74, 6) is -0.0741. The van der Waals surface area contributed by atoms with Gasteiger partial charge in [-0.05, 0) is 23.6 Å². The van der Waals surface area contributed by atoms with Crippen molar-refractivity contribution in [3.8, 4) is 0 Å². The van der Waals surface area contributed by atoms with E-state index in [1.807, 2.05) is 18.2 Å². The van der Waals surface area contributed by atoms with E-state index >= 15 is 0 Å². The summed E-state index contributed by atoms with van der Waals surface area (Å²) in [6, 6.07) is 9.02. The SMILES string of the molecule is O=C1C=CSC1=CN(O)c1ccccc1. The molecule has 15 heavy (non-hydrogen) atoms. The van der Waals surface area contributed by atoms with Gasteiger partial charge in [-0.3, -0.25) is 10.0 Å². The standard InChI is InChI=1S/C11H9NO2S/c13-10-6-7-15-11(10)8-12(14)9-4-2-1-3-5-9/h1-8,14H. The third-order valence-corrected chi connectivity index (χ3v) is 2.75. The Bertz CT molecular complexity index is 425. The Kier molecular flexibility index (Phi) is 2.89. The molecule has 0 fully saturated rings. The van der Waals surface area contributed by atoms with E-state index in [1.54, 1.807) is 17.5 Å². The smallest absolute Gasteiger partial charge is 0.194 e. The predicted molar refractivity (Wildman–Crippen MR) is 60.5 cm³/mol. The number of hydrogen-bond acceptors (Lipinski definition) is 4. The zero-order valence-corrected chi connectivity index (χ0v) is 8.65. The lowest BCUT2D eigenvalue weighted by molar-refractivity contribution is -0.110. The van der Waals surface area contributed by atoms with E-state index in [-0.39, 0.29) is 5.78 Å². The second-order valence-corrected chi connectivity index (χ2v) is 3.91. The average molecular weight is 219 g/mol. The van der Waals surface area contributed by atoms with Crippen molar-refractivity contribution in [1.29, 1.82) is 0 Å². The summed E-state index contributed by atoms with van der Waals surface area (Å²) >= 11 is 1.30. The van der Waals surface area contributed by atoms with Crippen LogP contribution in [0.15, 0.2) is 52.9 Å². The quantitative estimate of drug-likeness (QED) is 0.613. The molecule has 0 saturated heterocycles. The normalized spacial score (nSPS) is 17.4. The van der Waals surface area contributed by atoms with Crippen LogP contribution in [0.3, 0.4) is 0 Å². The van der Waals surface area contributed by atoms with Crippen LogP contribution in [-0.2, 0) is 4.79 Å². The lowest BCUT2D eigenvalue weighted by atomic mass is 10.3. The van der Waals surface area contributed by atoms with Crippen LogP contribution >= 0.6 is 11.8 Å². The van der Waals surface area contributed by atoms with Crippen molar-refractivity contribution in [1.82, 2.24) is 0 Å². The Balaban J connectivity index is 2.17. The number of hydrogen-bond donors (Lipinski definition) is 1. The van der Waals surface area contributed by atoms with E-state index < -0.39 is 0 Å². The molecule has 0 saturated carbocycles. The fourth-order valence-electron chi connectivity index (χ4n) is 1.17. The number of nitrogens with zero attached hydrogens (tertiary/aromatic N) is 1. The van der Waals surface area contributed by atoms with Gasteiger partial charge >= 0.3 is 0 Å². The summed E-state index contributed by atoms with van der Waals surface area (Å²) in [7, 11) is 0. The molecule has 1 aromatic carbocycles. The van der Waals surface area contributed by atoms with E-state index in [0.717, 1.165) is 5.06 Å². The highest BCUT2D eigenvalue weighted by atomic mass is 32.2. The molecule has 0 amide bonds. The van der Waals surface area contributed by atoms with Crippen LogP contribution in [0.25, 0.3) is 0 Å². The largest absolute Gasteiger partial charge is 0.289 e. The maximum Gasteiger partial charge on any atom is 0.194 e. The van der Waals surface area contributed by atoms with Gasteiger partial charge in [0.2, 0.25) is 0 Å². The Morgan fingerprint density at radius 2 is 2.00 bits per heavy atom. The average Bonchev–Trinajstić information content (AvgIpc) is 2.66. The number of thioether (sulfide) groups is 1. The number of ketones is 1. The van der Waals surface area contributed by atoms with Crippen LogP contribution in [-0.4, -0.2) is 11.0 Å². The highest BCUT2D eigenvalue weighted by Gasteiger charge is 2.13. The molecular formula is C11H9NO2S. The minimum absolute atomic E-state index is 0.0741. The van der Waals surface area contributed by atoms with Gasteiger partial charge in [0.1, 0.15) is 0 Å². The first kappa shape index (κ1) is 10.0. The number of rotatable bonds is 2. The molecular weight excluding hydrogens is 210 g/mol. The maximum atomic E-state index is 11.2. The van der Waals surface area contributed by atoms with Crippen LogP contribution in [0.2, 0.25) is 0 Å². The van der Waals surface area contributed by atoms with Crippen molar-refractivity contribution in [3.63, 3.8) is 0 Å². The summed E-state index contributed by atoms with van der Waals surface area (Å²) in [6.45, 7) is 0. The zero-order chi connectivity index (χ0) is 10.7. The second-order valence-electron chi connectivity index (χ2n) is 2.96. The number of benzene rings is 1. The van der Waals surface area contributed by atoms with E-state index in [9.17, 15) is 10.0 Å². The highest BCUT2D eigenvalue weighted by molar-refractivity contribution is 8.07. The molecule has 76 valence electrons. The molecule has 0 atom stereocenters. The number of hydroxylamine groups is 1. The molecule has 4 heteroatoms. The minimum atomic E-state index is -0.0741. The third-order valence-electron chi connectivity index (χ3n) is 1.92. The Labute approximate surface area is 91.7 Å². The fraction of sp³-hybridized carbons (Fsp3) is 0. The molecule has 1 N–H and O–H groups in total. The van der Waals surface area contributed by atoms with Crippen molar-refractivity contribution in [2.45, 2.75) is 0 Å². The molecule has 0 aromatic heterocycles. The Morgan fingerprint density at radius 1 is 1.27 bits per heavy atom. The van der Waals surface area contributed by atoms with Gasteiger partial charge in [0.05, 0.1) is 16.8 Å². The lowest BCUT2D eigenvalue weighted by Crippen LogP contribution is -2.10. The topological polar surface area (TPSA) is 40.5 Å². The van der Waals surface area contributed by atoms with Gasteiger partial charge in [0.25, 0.3) is 0 Å². The molecule has 0 radical (unpaired) electrons. The summed E-state index contributed by atoms with van der Waals surface area (Å²) in [5.41, 5.74) is 0.630. The van der Waals surface area contributed by atoms with E-state index in [0.29, 0.717) is 10.6 Å². The second kappa shape index (κ2) is 4.33. The monoisotopic (exact) mass is 219 g/mol. The molecule has 1 aromatic rings. The first-order chi connectivity index (χ1) is 7.27. The number of anilines is 1. The summed E-state index contributed by atoms with van der Waals surface area (Å²) in [6.07, 6.45) is 2.90. The molecule has 1 aliphatic heterocycles. The predicted octanol–water partition coefficient (Wildman–Crippen LogP) is 2.55. The van der Waals surface area contributed by atoms with Gasteiger partial charge in [-0.15, -0.1) is 0 Å². The van der Waals surface area contributed by atoms with Crippen LogP contribution in [0, 0.1) is 0 Å². The Hall–Kier alpha value is -1.52. The molecule has 2 rings (SSSR count). The van der Waals surface area contributed by atoms with Crippen LogP contribution < -0.4 is 5.06 Å². The number of para-hydroxylation sites is 1. The van der Waals surface area contributed by atoms with Crippen molar-refractivity contribution < 1.29 is 10.0 Å². The van der Waals surface area contributed by atoms with Crippen molar-refractivity contribution >= 4 is 23.2 Å². The maximum absolute atomic E-state index is 11.2. The molecule has 0 bridgehead atoms. The summed E-state index contributed by atoms with van der Waals surface area (Å²) in [4.78, 5) is 11.7. The first-order valence-corrected chi connectivity index (χ1v) is 5.28. The molecule has 0 spiro atoms. The third kappa shape index (κ3) is 2.29. The lowest BCUT2D eigenvalue weighted by Gasteiger charge is -2.11. The fourth-order valence-corrected chi connectivity index (χ4v) is 1.85. The van der Waals surface area contributed by atoms with Crippen LogP contribution in [0.1, 0.15) is 0 Å². The van der Waals surface area contributed by atoms with Gasteiger partial charge < -0.3 is 0 Å². The number of allylic oxidation sites excluding steroid dienone is 2. The molecule has 0 unspecified atom stereocenters. The number of carbonyl (C=O) groups excluding carboxylic acids is 1. The van der Waals surface area contributed by atoms with Gasteiger partial charge in [-0.25, -0.2) is 5.06 Å². The molecule has 3 nitrogen and oxygen atoms in total. The molecule has 1 heterocycles. The van der Waals surface area contributed by atoms with Crippen molar-refractivity contribution in [2.24, 2.45) is 0 Å². The molecule has 1 aliphatic rings. The van der Waals surface area contributed by atoms with E-state index in [4.69, 9.17) is 0 Å². The van der Waals surface area contributed by atoms with Gasteiger partial charge in [-0.1, -0.05) is 30.0 Å². The minimum Gasteiger partial charge on any atom is -0.289 e. The van der Waals surface area contributed by atoms with Gasteiger partial charge in [-0.2, -0.15) is 0 Å². The van der Waals surface area contributed by atoms with E-state index in [1.165, 1.54) is 24.0 Å². The first-order valence-electron chi connectivity index (χ1n) is 4.40. The van der Waals surface area contributed by atoms with Crippen LogP contribution in [0.5, 0.6) is 0 Å². The summed E-state index contributed by atoms with van der Waals surface area (Å²) < 4.78 is 0. The summed E-state index contributed by atoms with van der Waals surface area (Å²) in [5, 5.41) is 12.3.